The molecule has 1 heterocycles. The molecule has 0 aliphatic rings. The lowest BCUT2D eigenvalue weighted by molar-refractivity contribution is 0.623. The molecule has 17 heavy (non-hydrogen) atoms. The number of nitrogens with zero attached hydrogens (tertiary/aromatic N) is 2. The van der Waals surface area contributed by atoms with Gasteiger partial charge in [0, 0.05) is 4.47 Å². The summed E-state index contributed by atoms with van der Waals surface area (Å²) >= 11 is 5.50. The first kappa shape index (κ1) is 12.8. The number of hydrogen-bond donors (Lipinski definition) is 1. The molecule has 90 valence electrons. The highest BCUT2D eigenvalue weighted by molar-refractivity contribution is 14.1. The van der Waals surface area contributed by atoms with Gasteiger partial charge in [0.2, 0.25) is 0 Å². The lowest BCUT2D eigenvalue weighted by Crippen LogP contribution is -2.07. The highest BCUT2D eigenvalue weighted by Crippen LogP contribution is 2.23. The standard InChI is InChI=1S/C11H10BrFIN3/c1-6-10(14)11(15)17(16-6)5-7-2-3-8(13)4-9(7)12/h2-4H,5,15H2,1H3. The summed E-state index contributed by atoms with van der Waals surface area (Å²) in [4.78, 5) is 0. The van der Waals surface area contributed by atoms with Crippen molar-refractivity contribution in [1.82, 2.24) is 9.78 Å². The monoisotopic (exact) mass is 409 g/mol. The highest BCUT2D eigenvalue weighted by Gasteiger charge is 2.11. The van der Waals surface area contributed by atoms with Crippen molar-refractivity contribution in [2.75, 3.05) is 5.73 Å². The van der Waals surface area contributed by atoms with Crippen LogP contribution >= 0.6 is 38.5 Å². The fraction of sp³-hybridized carbons (Fsp3) is 0.182. The van der Waals surface area contributed by atoms with Gasteiger partial charge in [0.15, 0.2) is 0 Å². The predicted molar refractivity (Wildman–Crippen MR) is 77.3 cm³/mol. The Hall–Kier alpha value is -0.630. The van der Waals surface area contributed by atoms with Gasteiger partial charge in [0.25, 0.3) is 0 Å². The molecule has 1 aromatic heterocycles. The van der Waals surface area contributed by atoms with Crippen LogP contribution < -0.4 is 5.73 Å². The van der Waals surface area contributed by atoms with E-state index in [1.165, 1.54) is 12.1 Å². The Kier molecular flexibility index (Phi) is 3.72. The van der Waals surface area contributed by atoms with Crippen LogP contribution in [0.1, 0.15) is 11.3 Å². The molecule has 0 unspecified atom stereocenters. The molecule has 0 saturated carbocycles. The van der Waals surface area contributed by atoms with Crippen LogP contribution in [0.15, 0.2) is 22.7 Å². The van der Waals surface area contributed by atoms with E-state index in [0.29, 0.717) is 12.4 Å². The number of nitrogens with two attached hydrogens (primary N) is 1. The van der Waals surface area contributed by atoms with Crippen molar-refractivity contribution in [2.24, 2.45) is 0 Å². The zero-order valence-corrected chi connectivity index (χ0v) is 12.8. The minimum Gasteiger partial charge on any atom is -0.383 e. The first-order valence-corrected chi connectivity index (χ1v) is 6.78. The number of aryl methyl sites for hydroxylation is 1. The molecule has 3 nitrogen and oxygen atoms in total. The Labute approximate surface area is 120 Å². The summed E-state index contributed by atoms with van der Waals surface area (Å²) in [6.45, 7) is 2.44. The maximum Gasteiger partial charge on any atom is 0.135 e. The second kappa shape index (κ2) is 4.93. The largest absolute Gasteiger partial charge is 0.383 e. The van der Waals surface area contributed by atoms with E-state index in [1.54, 1.807) is 10.7 Å². The summed E-state index contributed by atoms with van der Waals surface area (Å²) in [5, 5.41) is 4.34. The number of rotatable bonds is 2. The third kappa shape index (κ3) is 2.62. The molecule has 2 rings (SSSR count). The third-order valence-corrected chi connectivity index (χ3v) is 4.50. The molecule has 0 radical (unpaired) electrons. The zero-order valence-electron chi connectivity index (χ0n) is 9.04. The summed E-state index contributed by atoms with van der Waals surface area (Å²) in [6, 6.07) is 4.59. The van der Waals surface area contributed by atoms with Crippen LogP contribution in [0.5, 0.6) is 0 Å². The zero-order chi connectivity index (χ0) is 12.6. The number of halogens is 3. The second-order valence-electron chi connectivity index (χ2n) is 3.68. The molecule has 6 heteroatoms. The van der Waals surface area contributed by atoms with Gasteiger partial charge in [-0.25, -0.2) is 9.07 Å². The fourth-order valence-electron chi connectivity index (χ4n) is 1.51. The predicted octanol–water partition coefficient (Wildman–Crippen LogP) is 3.33. The van der Waals surface area contributed by atoms with Crippen LogP contribution in [0.2, 0.25) is 0 Å². The Morgan fingerprint density at radius 3 is 2.76 bits per heavy atom. The van der Waals surface area contributed by atoms with Crippen LogP contribution in [0.25, 0.3) is 0 Å². The summed E-state index contributed by atoms with van der Waals surface area (Å²) < 4.78 is 16.4. The van der Waals surface area contributed by atoms with E-state index < -0.39 is 0 Å². The molecule has 0 atom stereocenters. The highest BCUT2D eigenvalue weighted by atomic mass is 127. The number of aromatic nitrogens is 2. The van der Waals surface area contributed by atoms with Gasteiger partial charge in [0.1, 0.15) is 11.6 Å². The maximum atomic E-state index is 13.0. The molecule has 2 N–H and O–H groups in total. The molecule has 0 spiro atoms. The molecule has 0 aliphatic heterocycles. The number of anilines is 1. The van der Waals surface area contributed by atoms with Crippen molar-refractivity contribution in [1.29, 1.82) is 0 Å². The Morgan fingerprint density at radius 1 is 1.53 bits per heavy atom. The summed E-state index contributed by atoms with van der Waals surface area (Å²) in [7, 11) is 0. The molecule has 0 bridgehead atoms. The van der Waals surface area contributed by atoms with Crippen LogP contribution in [-0.4, -0.2) is 9.78 Å². The first-order valence-electron chi connectivity index (χ1n) is 4.91. The van der Waals surface area contributed by atoms with E-state index >= 15 is 0 Å². The molecule has 1 aromatic carbocycles. The van der Waals surface area contributed by atoms with Crippen molar-refractivity contribution >= 4 is 44.3 Å². The van der Waals surface area contributed by atoms with E-state index in [2.05, 4.69) is 43.6 Å². The number of benzene rings is 1. The molecular formula is C11H10BrFIN3. The van der Waals surface area contributed by atoms with Crippen molar-refractivity contribution in [3.05, 3.63) is 43.3 Å². The van der Waals surface area contributed by atoms with Gasteiger partial charge in [-0.1, -0.05) is 22.0 Å². The topological polar surface area (TPSA) is 43.8 Å². The number of nitrogen functional groups attached to an aromatic ring is 1. The maximum absolute atomic E-state index is 13.0. The molecule has 0 amide bonds. The second-order valence-corrected chi connectivity index (χ2v) is 5.61. The van der Waals surface area contributed by atoms with Gasteiger partial charge in [-0.15, -0.1) is 0 Å². The first-order chi connectivity index (χ1) is 7.99. The minimum atomic E-state index is -0.264. The summed E-state index contributed by atoms with van der Waals surface area (Å²) in [5.74, 6) is 0.374. The van der Waals surface area contributed by atoms with Gasteiger partial charge in [0.05, 0.1) is 15.8 Å². The average Bonchev–Trinajstić information content (AvgIpc) is 2.50. The summed E-state index contributed by atoms with van der Waals surface area (Å²) in [6.07, 6.45) is 0. The SMILES string of the molecule is Cc1nn(Cc2ccc(F)cc2Br)c(N)c1I. The van der Waals surface area contributed by atoms with Crippen molar-refractivity contribution < 1.29 is 4.39 Å². The fourth-order valence-corrected chi connectivity index (χ4v) is 2.37. The van der Waals surface area contributed by atoms with E-state index in [0.717, 1.165) is 19.3 Å². The Bertz CT molecular complexity index is 568. The van der Waals surface area contributed by atoms with Gasteiger partial charge in [-0.05, 0) is 47.2 Å². The Morgan fingerprint density at radius 2 is 2.24 bits per heavy atom. The summed E-state index contributed by atoms with van der Waals surface area (Å²) in [5.41, 5.74) is 7.78. The van der Waals surface area contributed by atoms with Gasteiger partial charge < -0.3 is 5.73 Å². The smallest absolute Gasteiger partial charge is 0.135 e. The van der Waals surface area contributed by atoms with Gasteiger partial charge in [-0.2, -0.15) is 5.10 Å². The minimum absolute atomic E-state index is 0.264. The van der Waals surface area contributed by atoms with Gasteiger partial charge in [-0.3, -0.25) is 0 Å². The molecular weight excluding hydrogens is 400 g/mol. The van der Waals surface area contributed by atoms with Crippen LogP contribution in [0, 0.1) is 16.3 Å². The lowest BCUT2D eigenvalue weighted by atomic mass is 10.2. The van der Waals surface area contributed by atoms with E-state index in [1.807, 2.05) is 6.92 Å². The van der Waals surface area contributed by atoms with Crippen molar-refractivity contribution in [3.63, 3.8) is 0 Å². The molecule has 0 saturated heterocycles. The van der Waals surface area contributed by atoms with Crippen LogP contribution in [-0.2, 0) is 6.54 Å². The van der Waals surface area contributed by atoms with Gasteiger partial charge >= 0.3 is 0 Å². The van der Waals surface area contributed by atoms with Crippen LogP contribution in [0.3, 0.4) is 0 Å². The molecule has 0 aliphatic carbocycles. The molecule has 0 fully saturated rings. The third-order valence-electron chi connectivity index (χ3n) is 2.43. The average molecular weight is 410 g/mol. The quantitative estimate of drug-likeness (QED) is 0.773. The number of hydrogen-bond acceptors (Lipinski definition) is 2. The van der Waals surface area contributed by atoms with E-state index in [4.69, 9.17) is 5.73 Å². The van der Waals surface area contributed by atoms with Crippen LogP contribution in [0.4, 0.5) is 10.2 Å². The van der Waals surface area contributed by atoms with E-state index in [9.17, 15) is 4.39 Å². The lowest BCUT2D eigenvalue weighted by Gasteiger charge is -2.06. The van der Waals surface area contributed by atoms with Crippen molar-refractivity contribution in [3.8, 4) is 0 Å². The van der Waals surface area contributed by atoms with Crippen molar-refractivity contribution in [2.45, 2.75) is 13.5 Å². The normalized spacial score (nSPS) is 10.8. The van der Waals surface area contributed by atoms with E-state index in [-0.39, 0.29) is 5.82 Å². The Balaban J connectivity index is 2.34. The molecule has 2 aromatic rings.